The summed E-state index contributed by atoms with van der Waals surface area (Å²) < 4.78 is 46.7. The summed E-state index contributed by atoms with van der Waals surface area (Å²) in [6.07, 6.45) is 2.56. The van der Waals surface area contributed by atoms with E-state index >= 15 is 0 Å². The number of carbonyl (C=O) groups is 1. The Hall–Kier alpha value is -2.43. The van der Waals surface area contributed by atoms with E-state index in [4.69, 9.17) is 21.1 Å². The predicted molar refractivity (Wildman–Crippen MR) is 115 cm³/mol. The first kappa shape index (κ1) is 21.3. The molecule has 2 aromatic carbocycles. The van der Waals surface area contributed by atoms with Gasteiger partial charge in [-0.3, -0.25) is 9.69 Å². The third kappa shape index (κ3) is 5.14. The van der Waals surface area contributed by atoms with Gasteiger partial charge in [-0.05, 0) is 55.0 Å². The summed E-state index contributed by atoms with van der Waals surface area (Å²) in [7, 11) is -3.71. The van der Waals surface area contributed by atoms with Crippen molar-refractivity contribution in [3.8, 4) is 11.5 Å². The third-order valence-electron chi connectivity index (χ3n) is 3.69. The van der Waals surface area contributed by atoms with Crippen LogP contribution in [0.2, 0.25) is 0 Å². The van der Waals surface area contributed by atoms with Crippen molar-refractivity contribution < 1.29 is 26.5 Å². The van der Waals surface area contributed by atoms with Crippen LogP contribution in [0, 0.1) is 5.82 Å². The number of anilines is 1. The van der Waals surface area contributed by atoms with E-state index in [1.165, 1.54) is 35.2 Å². The van der Waals surface area contributed by atoms with Crippen molar-refractivity contribution in [2.45, 2.75) is 6.92 Å². The molecule has 0 aliphatic carbocycles. The quantitative estimate of drug-likeness (QED) is 0.372. The molecule has 1 fully saturated rings. The van der Waals surface area contributed by atoms with Gasteiger partial charge in [0, 0.05) is 0 Å². The van der Waals surface area contributed by atoms with Crippen LogP contribution in [0.4, 0.5) is 10.1 Å². The van der Waals surface area contributed by atoms with Crippen LogP contribution in [0.5, 0.6) is 11.5 Å². The lowest BCUT2D eigenvalue weighted by Crippen LogP contribution is -2.27. The first-order valence-electron chi connectivity index (χ1n) is 8.38. The SMILES string of the molecule is CCOc1cc(/C=C2/SC(=S)N(c3ccc(F)cc3)C2=O)ccc1OS(C)(=O)=O. The van der Waals surface area contributed by atoms with Crippen LogP contribution >= 0.6 is 24.0 Å². The van der Waals surface area contributed by atoms with Crippen LogP contribution in [-0.4, -0.2) is 31.5 Å². The first-order chi connectivity index (χ1) is 13.7. The molecule has 0 N–H and O–H groups in total. The lowest BCUT2D eigenvalue weighted by molar-refractivity contribution is -0.113. The maximum atomic E-state index is 13.2. The smallest absolute Gasteiger partial charge is 0.306 e. The molecule has 1 aliphatic rings. The van der Waals surface area contributed by atoms with Gasteiger partial charge in [0.15, 0.2) is 15.8 Å². The zero-order valence-electron chi connectivity index (χ0n) is 15.4. The normalized spacial score (nSPS) is 15.8. The molecule has 1 saturated heterocycles. The molecule has 0 aromatic heterocycles. The summed E-state index contributed by atoms with van der Waals surface area (Å²) in [6.45, 7) is 2.06. The van der Waals surface area contributed by atoms with Crippen molar-refractivity contribution >= 4 is 56.1 Å². The van der Waals surface area contributed by atoms with Gasteiger partial charge in [-0.15, -0.1) is 0 Å². The Labute approximate surface area is 177 Å². The van der Waals surface area contributed by atoms with E-state index in [9.17, 15) is 17.6 Å². The van der Waals surface area contributed by atoms with E-state index in [-0.39, 0.29) is 17.4 Å². The summed E-state index contributed by atoms with van der Waals surface area (Å²) in [5.41, 5.74) is 1.08. The third-order valence-corrected chi connectivity index (χ3v) is 5.47. The fourth-order valence-electron chi connectivity index (χ4n) is 2.55. The molecule has 6 nitrogen and oxygen atoms in total. The number of amides is 1. The summed E-state index contributed by atoms with van der Waals surface area (Å²) in [6, 6.07) is 10.1. The largest absolute Gasteiger partial charge is 0.490 e. The van der Waals surface area contributed by atoms with Gasteiger partial charge in [-0.1, -0.05) is 30.0 Å². The molecular formula is C19H16FNO5S3. The van der Waals surface area contributed by atoms with Crippen LogP contribution in [0.1, 0.15) is 12.5 Å². The average molecular weight is 454 g/mol. The number of rotatable bonds is 6. The van der Waals surface area contributed by atoms with Crippen LogP contribution < -0.4 is 13.8 Å². The van der Waals surface area contributed by atoms with Gasteiger partial charge in [-0.25, -0.2) is 4.39 Å². The van der Waals surface area contributed by atoms with Crippen molar-refractivity contribution in [1.82, 2.24) is 0 Å². The number of nitrogens with zero attached hydrogens (tertiary/aromatic N) is 1. The Balaban J connectivity index is 1.91. The lowest BCUT2D eigenvalue weighted by Gasteiger charge is -2.14. The van der Waals surface area contributed by atoms with Crippen LogP contribution in [0.25, 0.3) is 6.08 Å². The number of ether oxygens (including phenoxy) is 1. The number of carbonyl (C=O) groups excluding carboxylic acids is 1. The van der Waals surface area contributed by atoms with Crippen molar-refractivity contribution in [3.63, 3.8) is 0 Å². The Morgan fingerprint density at radius 3 is 2.48 bits per heavy atom. The molecule has 0 unspecified atom stereocenters. The molecule has 0 saturated carbocycles. The second-order valence-corrected chi connectivity index (χ2v) is 9.17. The Kier molecular flexibility index (Phi) is 6.25. The highest BCUT2D eigenvalue weighted by Gasteiger charge is 2.33. The average Bonchev–Trinajstić information content (AvgIpc) is 2.91. The number of hydrogen-bond donors (Lipinski definition) is 0. The summed E-state index contributed by atoms with van der Waals surface area (Å²) in [5, 5.41) is 0. The molecule has 152 valence electrons. The minimum atomic E-state index is -3.71. The van der Waals surface area contributed by atoms with E-state index in [1.807, 2.05) is 0 Å². The van der Waals surface area contributed by atoms with Crippen molar-refractivity contribution in [1.29, 1.82) is 0 Å². The Morgan fingerprint density at radius 2 is 1.86 bits per heavy atom. The highest BCUT2D eigenvalue weighted by atomic mass is 32.2. The fraction of sp³-hybridized carbons (Fsp3) is 0.158. The van der Waals surface area contributed by atoms with Gasteiger partial charge in [0.05, 0.1) is 23.5 Å². The van der Waals surface area contributed by atoms with E-state index in [1.54, 1.807) is 25.1 Å². The molecule has 29 heavy (non-hydrogen) atoms. The highest BCUT2D eigenvalue weighted by Crippen LogP contribution is 2.37. The second kappa shape index (κ2) is 8.52. The first-order valence-corrected chi connectivity index (χ1v) is 11.4. The fourth-order valence-corrected chi connectivity index (χ4v) is 4.31. The number of hydrogen-bond acceptors (Lipinski definition) is 7. The molecule has 0 atom stereocenters. The van der Waals surface area contributed by atoms with Crippen molar-refractivity contribution in [2.24, 2.45) is 0 Å². The molecular weight excluding hydrogens is 437 g/mol. The Bertz CT molecular complexity index is 1100. The molecule has 10 heteroatoms. The minimum absolute atomic E-state index is 0.0605. The predicted octanol–water partition coefficient (Wildman–Crippen LogP) is 3.97. The van der Waals surface area contributed by atoms with Gasteiger partial charge >= 0.3 is 10.1 Å². The van der Waals surface area contributed by atoms with Crippen LogP contribution in [0.15, 0.2) is 47.4 Å². The van der Waals surface area contributed by atoms with E-state index < -0.39 is 15.9 Å². The molecule has 0 radical (unpaired) electrons. The standard InChI is InChI=1S/C19H16FNO5S3/c1-3-25-16-10-12(4-9-15(16)26-29(2,23)24)11-17-18(22)21(19(27)28-17)14-7-5-13(20)6-8-14/h4-11H,3H2,1-2H3/b17-11+. The molecule has 1 heterocycles. The van der Waals surface area contributed by atoms with E-state index in [0.717, 1.165) is 18.0 Å². The van der Waals surface area contributed by atoms with E-state index in [2.05, 4.69) is 0 Å². The molecule has 3 rings (SSSR count). The molecule has 0 spiro atoms. The lowest BCUT2D eigenvalue weighted by atomic mass is 10.2. The molecule has 1 aliphatic heterocycles. The van der Waals surface area contributed by atoms with Crippen LogP contribution in [0.3, 0.4) is 0 Å². The van der Waals surface area contributed by atoms with Gasteiger partial charge in [0.25, 0.3) is 5.91 Å². The monoisotopic (exact) mass is 453 g/mol. The molecule has 2 aromatic rings. The maximum Gasteiger partial charge on any atom is 0.306 e. The Morgan fingerprint density at radius 1 is 1.17 bits per heavy atom. The highest BCUT2D eigenvalue weighted by molar-refractivity contribution is 8.27. The van der Waals surface area contributed by atoms with Gasteiger partial charge < -0.3 is 8.92 Å². The molecule has 0 bridgehead atoms. The number of thiocarbonyl (C=S) groups is 1. The maximum absolute atomic E-state index is 13.2. The number of thioether (sulfide) groups is 1. The van der Waals surface area contributed by atoms with E-state index in [0.29, 0.717) is 27.1 Å². The van der Waals surface area contributed by atoms with Gasteiger partial charge in [-0.2, -0.15) is 8.42 Å². The topological polar surface area (TPSA) is 72.9 Å². The summed E-state index contributed by atoms with van der Waals surface area (Å²) in [5.74, 6) is -0.443. The number of benzene rings is 2. The van der Waals surface area contributed by atoms with Crippen molar-refractivity contribution in [3.05, 3.63) is 58.8 Å². The molecule has 1 amide bonds. The summed E-state index contributed by atoms with van der Waals surface area (Å²) in [4.78, 5) is 14.5. The zero-order chi connectivity index (χ0) is 21.2. The van der Waals surface area contributed by atoms with Crippen molar-refractivity contribution in [2.75, 3.05) is 17.8 Å². The van der Waals surface area contributed by atoms with Gasteiger partial charge in [0.1, 0.15) is 5.82 Å². The van der Waals surface area contributed by atoms with Crippen LogP contribution in [-0.2, 0) is 14.9 Å². The van der Waals surface area contributed by atoms with Gasteiger partial charge in [0.2, 0.25) is 0 Å². The minimum Gasteiger partial charge on any atom is -0.490 e. The zero-order valence-corrected chi connectivity index (χ0v) is 17.9. The summed E-state index contributed by atoms with van der Waals surface area (Å²) >= 11 is 6.41. The number of halogens is 1. The second-order valence-electron chi connectivity index (χ2n) is 5.92.